The number of ketones is 1. The molecule has 0 unspecified atom stereocenters. The van der Waals surface area contributed by atoms with Crippen molar-refractivity contribution in [3.63, 3.8) is 0 Å². The minimum Gasteiger partial charge on any atom is -0.371 e. The van der Waals surface area contributed by atoms with E-state index in [2.05, 4.69) is 15.3 Å². The third-order valence-electron chi connectivity index (χ3n) is 4.66. The van der Waals surface area contributed by atoms with E-state index in [0.29, 0.717) is 35.9 Å². The van der Waals surface area contributed by atoms with Crippen LogP contribution in [0.25, 0.3) is 0 Å². The number of morpholine rings is 1. The van der Waals surface area contributed by atoms with Crippen LogP contribution in [0.3, 0.4) is 0 Å². The number of ether oxygens (including phenoxy) is 1. The van der Waals surface area contributed by atoms with E-state index < -0.39 is 0 Å². The van der Waals surface area contributed by atoms with Crippen molar-refractivity contribution in [3.05, 3.63) is 58.9 Å². The van der Waals surface area contributed by atoms with Gasteiger partial charge in [-0.15, -0.1) is 0 Å². The summed E-state index contributed by atoms with van der Waals surface area (Å²) in [5, 5.41) is 3.18. The number of nitrogens with zero attached hydrogens (tertiary/aromatic N) is 2. The van der Waals surface area contributed by atoms with Gasteiger partial charge < -0.3 is 10.1 Å². The van der Waals surface area contributed by atoms with E-state index in [0.717, 1.165) is 25.1 Å². The molecule has 2 heterocycles. The molecule has 0 spiro atoms. The summed E-state index contributed by atoms with van der Waals surface area (Å²) in [5.41, 5.74) is 2.43. The number of Topliss-reactive ketones (excluding diaryl/α,β-unsaturated/α-hetero) is 1. The van der Waals surface area contributed by atoms with Crippen molar-refractivity contribution in [3.8, 4) is 0 Å². The number of carbonyl (C=O) groups is 1. The van der Waals surface area contributed by atoms with Crippen molar-refractivity contribution in [2.45, 2.75) is 31.3 Å². The first-order valence-electron chi connectivity index (χ1n) is 8.66. The maximum Gasteiger partial charge on any atom is 0.187 e. The molecule has 0 radical (unpaired) electrons. The summed E-state index contributed by atoms with van der Waals surface area (Å²) in [7, 11) is 0. The van der Waals surface area contributed by atoms with Crippen LogP contribution in [0.5, 0.6) is 0 Å². The van der Waals surface area contributed by atoms with E-state index in [9.17, 15) is 9.18 Å². The van der Waals surface area contributed by atoms with Crippen LogP contribution >= 0.6 is 0 Å². The van der Waals surface area contributed by atoms with Gasteiger partial charge in [-0.2, -0.15) is 0 Å². The molecule has 25 heavy (non-hydrogen) atoms. The van der Waals surface area contributed by atoms with Crippen molar-refractivity contribution >= 4 is 5.78 Å². The molecule has 2 aliphatic rings. The lowest BCUT2D eigenvalue weighted by molar-refractivity contribution is 0.0255. The molecule has 1 aromatic carbocycles. The zero-order valence-electron chi connectivity index (χ0n) is 13.9. The molecule has 1 N–H and O–H groups in total. The highest BCUT2D eigenvalue weighted by Gasteiger charge is 2.25. The Balaban J connectivity index is 1.44. The number of nitrogens with one attached hydrogen (secondary N) is 1. The van der Waals surface area contributed by atoms with Crippen LogP contribution in [-0.2, 0) is 11.2 Å². The molecule has 0 bridgehead atoms. The number of benzene rings is 1. The van der Waals surface area contributed by atoms with Gasteiger partial charge in [0.2, 0.25) is 0 Å². The topological polar surface area (TPSA) is 64.1 Å². The van der Waals surface area contributed by atoms with Gasteiger partial charge in [0.15, 0.2) is 5.78 Å². The van der Waals surface area contributed by atoms with Crippen molar-refractivity contribution in [2.75, 3.05) is 19.7 Å². The summed E-state index contributed by atoms with van der Waals surface area (Å²) in [4.78, 5) is 20.9. The van der Waals surface area contributed by atoms with Crippen molar-refractivity contribution < 1.29 is 13.9 Å². The minimum absolute atomic E-state index is 0.110. The number of aromatic nitrogens is 2. The van der Waals surface area contributed by atoms with E-state index >= 15 is 0 Å². The van der Waals surface area contributed by atoms with Crippen molar-refractivity contribution in [2.24, 2.45) is 0 Å². The van der Waals surface area contributed by atoms with Crippen LogP contribution in [0.2, 0.25) is 0 Å². The summed E-state index contributed by atoms with van der Waals surface area (Å²) in [6.07, 6.45) is 5.34. The Kier molecular flexibility index (Phi) is 4.55. The van der Waals surface area contributed by atoms with E-state index in [4.69, 9.17) is 4.74 Å². The third-order valence-corrected chi connectivity index (χ3v) is 4.66. The molecule has 130 valence electrons. The molecule has 5 nitrogen and oxygen atoms in total. The predicted molar refractivity (Wildman–Crippen MR) is 90.0 cm³/mol. The Morgan fingerprint density at radius 3 is 2.80 bits per heavy atom. The van der Waals surface area contributed by atoms with Crippen LogP contribution in [0.15, 0.2) is 30.6 Å². The zero-order valence-corrected chi connectivity index (χ0v) is 13.9. The average Bonchev–Trinajstić information content (AvgIpc) is 3.48. The first-order valence-corrected chi connectivity index (χ1v) is 8.66. The van der Waals surface area contributed by atoms with Crippen LogP contribution in [0, 0.1) is 5.82 Å². The Morgan fingerprint density at radius 1 is 1.28 bits per heavy atom. The fourth-order valence-corrected chi connectivity index (χ4v) is 3.05. The number of halogens is 1. The van der Waals surface area contributed by atoms with E-state index in [1.54, 1.807) is 18.3 Å². The standard InChI is InChI=1S/C19H20FN3O2/c20-15-7-12(1-4-14(15)19-11-21-5-6-25-19)8-18(24)17-10-22-16(9-23-17)13-2-3-13/h1,4,7,9-10,13,19,21H,2-3,5-6,8,11H2/t19-/m0/s1. The normalized spacial score (nSPS) is 20.4. The van der Waals surface area contributed by atoms with Gasteiger partial charge in [-0.25, -0.2) is 9.37 Å². The van der Waals surface area contributed by atoms with Crippen molar-refractivity contribution in [1.82, 2.24) is 15.3 Å². The highest BCUT2D eigenvalue weighted by molar-refractivity contribution is 5.95. The molecule has 1 aliphatic heterocycles. The highest BCUT2D eigenvalue weighted by Crippen LogP contribution is 2.38. The summed E-state index contributed by atoms with van der Waals surface area (Å²) in [6.45, 7) is 1.95. The molecule has 1 atom stereocenters. The number of hydrogen-bond acceptors (Lipinski definition) is 5. The number of carbonyl (C=O) groups excluding carboxylic acids is 1. The molecule has 1 aromatic heterocycles. The maximum absolute atomic E-state index is 14.4. The van der Waals surface area contributed by atoms with Gasteiger partial charge in [0.25, 0.3) is 0 Å². The molecule has 6 heteroatoms. The van der Waals surface area contributed by atoms with Gasteiger partial charge in [0, 0.05) is 37.2 Å². The third kappa shape index (κ3) is 3.75. The first kappa shape index (κ1) is 16.3. The Bertz CT molecular complexity index is 769. The van der Waals surface area contributed by atoms with Crippen LogP contribution in [0.1, 0.15) is 52.2 Å². The molecular formula is C19H20FN3O2. The van der Waals surface area contributed by atoms with Crippen molar-refractivity contribution in [1.29, 1.82) is 0 Å². The van der Waals surface area contributed by atoms with Crippen LogP contribution < -0.4 is 5.32 Å². The second-order valence-corrected chi connectivity index (χ2v) is 6.62. The number of rotatable bonds is 5. The molecular weight excluding hydrogens is 321 g/mol. The summed E-state index contributed by atoms with van der Waals surface area (Å²) >= 11 is 0. The summed E-state index contributed by atoms with van der Waals surface area (Å²) in [5.74, 6) is 0.0153. The molecule has 0 amide bonds. The predicted octanol–water partition coefficient (Wildman–Crippen LogP) is 2.58. The first-order chi connectivity index (χ1) is 12.2. The molecule has 1 aliphatic carbocycles. The Hall–Kier alpha value is -2.18. The molecule has 1 saturated carbocycles. The lowest BCUT2D eigenvalue weighted by atomic mass is 10.0. The van der Waals surface area contributed by atoms with Gasteiger partial charge in [-0.05, 0) is 24.5 Å². The smallest absolute Gasteiger partial charge is 0.187 e. The quantitative estimate of drug-likeness (QED) is 0.847. The number of hydrogen-bond donors (Lipinski definition) is 1. The van der Waals surface area contributed by atoms with Crippen LogP contribution in [-0.4, -0.2) is 35.4 Å². The van der Waals surface area contributed by atoms with Gasteiger partial charge in [-0.3, -0.25) is 9.78 Å². The van der Waals surface area contributed by atoms with E-state index in [-0.39, 0.29) is 24.1 Å². The van der Waals surface area contributed by atoms with Gasteiger partial charge in [0.05, 0.1) is 24.6 Å². The molecule has 1 saturated heterocycles. The average molecular weight is 341 g/mol. The zero-order chi connectivity index (χ0) is 17.2. The fourth-order valence-electron chi connectivity index (χ4n) is 3.05. The van der Waals surface area contributed by atoms with Gasteiger partial charge in [0.1, 0.15) is 11.5 Å². The van der Waals surface area contributed by atoms with E-state index in [1.165, 1.54) is 12.3 Å². The SMILES string of the molecule is O=C(Cc1ccc([C@@H]2CNCCO2)c(F)c1)c1cnc(C2CC2)cn1. The highest BCUT2D eigenvalue weighted by atomic mass is 19.1. The van der Waals surface area contributed by atoms with Gasteiger partial charge >= 0.3 is 0 Å². The second-order valence-electron chi connectivity index (χ2n) is 6.62. The summed E-state index contributed by atoms with van der Waals surface area (Å²) in [6, 6.07) is 4.90. The lowest BCUT2D eigenvalue weighted by Crippen LogP contribution is -2.33. The molecule has 2 fully saturated rings. The summed E-state index contributed by atoms with van der Waals surface area (Å²) < 4.78 is 20.0. The monoisotopic (exact) mass is 341 g/mol. The second kappa shape index (κ2) is 6.98. The van der Waals surface area contributed by atoms with Crippen LogP contribution in [0.4, 0.5) is 4.39 Å². The van der Waals surface area contributed by atoms with E-state index in [1.807, 2.05) is 0 Å². The lowest BCUT2D eigenvalue weighted by Gasteiger charge is -2.24. The fraction of sp³-hybridized carbons (Fsp3) is 0.421. The van der Waals surface area contributed by atoms with Gasteiger partial charge in [-0.1, -0.05) is 12.1 Å². The minimum atomic E-state index is -0.339. The molecule has 4 rings (SSSR count). The maximum atomic E-state index is 14.4. The largest absolute Gasteiger partial charge is 0.371 e. The Labute approximate surface area is 145 Å². The Morgan fingerprint density at radius 2 is 2.16 bits per heavy atom. The molecule has 2 aromatic rings.